The van der Waals surface area contributed by atoms with E-state index in [1.165, 1.54) is 4.90 Å². The van der Waals surface area contributed by atoms with Crippen LogP contribution < -0.4 is 5.32 Å². The first kappa shape index (κ1) is 14.1. The third kappa shape index (κ3) is 4.07. The van der Waals surface area contributed by atoms with Crippen molar-refractivity contribution in [1.82, 2.24) is 10.2 Å². The normalized spacial score (nSPS) is 21.8. The lowest BCUT2D eigenvalue weighted by Crippen LogP contribution is -2.52. The molecular formula is C10H17F3N2O2. The molecule has 1 atom stereocenters. The highest BCUT2D eigenvalue weighted by Crippen LogP contribution is 2.26. The maximum atomic E-state index is 12.0. The number of likely N-dealkylation sites (tertiary alicyclic amines) is 1. The zero-order chi connectivity index (χ0) is 13.3. The van der Waals surface area contributed by atoms with Gasteiger partial charge in [0, 0.05) is 6.54 Å². The van der Waals surface area contributed by atoms with Crippen LogP contribution in [0.3, 0.4) is 0 Å². The Kier molecular flexibility index (Phi) is 3.91. The van der Waals surface area contributed by atoms with Crippen LogP contribution in [0.2, 0.25) is 0 Å². The van der Waals surface area contributed by atoms with E-state index in [4.69, 9.17) is 0 Å². The van der Waals surface area contributed by atoms with Crippen LogP contribution in [0.25, 0.3) is 0 Å². The van der Waals surface area contributed by atoms with Gasteiger partial charge in [-0.25, -0.2) is 4.79 Å². The quantitative estimate of drug-likeness (QED) is 0.784. The second-order valence-electron chi connectivity index (χ2n) is 4.78. The molecule has 1 saturated heterocycles. The van der Waals surface area contributed by atoms with Gasteiger partial charge in [-0.3, -0.25) is 0 Å². The smallest absolute Gasteiger partial charge is 0.388 e. The van der Waals surface area contributed by atoms with Crippen molar-refractivity contribution in [3.8, 4) is 0 Å². The number of aliphatic hydroxyl groups is 1. The van der Waals surface area contributed by atoms with Crippen LogP contribution in [-0.4, -0.2) is 46.9 Å². The minimum absolute atomic E-state index is 0.373. The summed E-state index contributed by atoms with van der Waals surface area (Å²) >= 11 is 0. The summed E-state index contributed by atoms with van der Waals surface area (Å²) in [6, 6.07) is -1.21. The maximum absolute atomic E-state index is 12.0. The predicted octanol–water partition coefficient (Wildman–Crippen LogP) is 1.49. The number of urea groups is 1. The van der Waals surface area contributed by atoms with Crippen molar-refractivity contribution in [2.24, 2.45) is 0 Å². The van der Waals surface area contributed by atoms with Gasteiger partial charge in [0.1, 0.15) is 6.54 Å². The number of nitrogens with one attached hydrogen (secondary N) is 1. The van der Waals surface area contributed by atoms with Gasteiger partial charge in [-0.2, -0.15) is 13.2 Å². The summed E-state index contributed by atoms with van der Waals surface area (Å²) in [5.41, 5.74) is -1.11. The number of carbonyl (C=O) groups is 1. The van der Waals surface area contributed by atoms with Crippen LogP contribution in [0.1, 0.15) is 26.7 Å². The number of hydrogen-bond acceptors (Lipinski definition) is 2. The van der Waals surface area contributed by atoms with E-state index >= 15 is 0 Å². The Bertz CT molecular complexity index is 286. The maximum Gasteiger partial charge on any atom is 0.405 e. The molecule has 4 nitrogen and oxygen atoms in total. The first-order valence-corrected chi connectivity index (χ1v) is 5.45. The van der Waals surface area contributed by atoms with Crippen molar-refractivity contribution in [2.75, 3.05) is 13.1 Å². The molecule has 0 bridgehead atoms. The average molecular weight is 254 g/mol. The number of carbonyl (C=O) groups excluding carboxylic acids is 1. The molecule has 0 radical (unpaired) electrons. The average Bonchev–Trinajstić information content (AvgIpc) is 2.60. The zero-order valence-corrected chi connectivity index (χ0v) is 9.84. The van der Waals surface area contributed by atoms with E-state index in [0.29, 0.717) is 19.4 Å². The number of amides is 2. The molecule has 0 spiro atoms. The summed E-state index contributed by atoms with van der Waals surface area (Å²) in [5, 5.41) is 11.6. The van der Waals surface area contributed by atoms with Gasteiger partial charge in [0.05, 0.1) is 11.6 Å². The molecule has 1 unspecified atom stereocenters. The van der Waals surface area contributed by atoms with E-state index in [2.05, 4.69) is 0 Å². The molecule has 0 aromatic heterocycles. The molecule has 1 rings (SSSR count). The van der Waals surface area contributed by atoms with Crippen LogP contribution in [0.5, 0.6) is 0 Å². The summed E-state index contributed by atoms with van der Waals surface area (Å²) < 4.78 is 35.9. The van der Waals surface area contributed by atoms with Gasteiger partial charge in [0.2, 0.25) is 0 Å². The molecule has 2 amide bonds. The van der Waals surface area contributed by atoms with Crippen molar-refractivity contribution in [3.63, 3.8) is 0 Å². The molecule has 2 N–H and O–H groups in total. The van der Waals surface area contributed by atoms with E-state index < -0.39 is 30.4 Å². The summed E-state index contributed by atoms with van der Waals surface area (Å²) in [5.74, 6) is 0. The van der Waals surface area contributed by atoms with Crippen LogP contribution >= 0.6 is 0 Å². The Morgan fingerprint density at radius 3 is 2.53 bits per heavy atom. The number of rotatable bonds is 2. The first-order chi connectivity index (χ1) is 7.61. The van der Waals surface area contributed by atoms with E-state index in [1.807, 2.05) is 5.32 Å². The molecule has 1 heterocycles. The lowest BCUT2D eigenvalue weighted by molar-refractivity contribution is -0.123. The molecule has 1 aliphatic rings. The Labute approximate surface area is 97.8 Å². The lowest BCUT2D eigenvalue weighted by atomic mass is 9.97. The molecular weight excluding hydrogens is 237 g/mol. The molecule has 0 saturated carbocycles. The summed E-state index contributed by atoms with van der Waals surface area (Å²) in [4.78, 5) is 12.8. The second-order valence-corrected chi connectivity index (χ2v) is 4.78. The molecule has 1 fully saturated rings. The Hall–Kier alpha value is -0.980. The molecule has 17 heavy (non-hydrogen) atoms. The Balaban J connectivity index is 2.57. The van der Waals surface area contributed by atoms with Crippen molar-refractivity contribution in [2.45, 2.75) is 44.5 Å². The fourth-order valence-corrected chi connectivity index (χ4v) is 2.02. The topological polar surface area (TPSA) is 52.6 Å². The van der Waals surface area contributed by atoms with E-state index in [0.717, 1.165) is 0 Å². The number of hydrogen-bond donors (Lipinski definition) is 2. The van der Waals surface area contributed by atoms with Crippen molar-refractivity contribution < 1.29 is 23.1 Å². The summed E-state index contributed by atoms with van der Waals surface area (Å²) in [6.07, 6.45) is -3.13. The largest absolute Gasteiger partial charge is 0.405 e. The summed E-state index contributed by atoms with van der Waals surface area (Å²) in [6.45, 7) is 2.12. The van der Waals surface area contributed by atoms with Gasteiger partial charge >= 0.3 is 12.2 Å². The summed E-state index contributed by atoms with van der Waals surface area (Å²) in [7, 11) is 0. The van der Waals surface area contributed by atoms with Crippen molar-refractivity contribution >= 4 is 6.03 Å². The standard InChI is InChI=1S/C10H17F3N2O2/c1-9(2,17)7-4-3-5-15(7)8(16)14-6-10(11,12)13/h7,17H,3-6H2,1-2H3,(H,14,16). The van der Waals surface area contributed by atoms with Gasteiger partial charge in [-0.05, 0) is 26.7 Å². The lowest BCUT2D eigenvalue weighted by Gasteiger charge is -2.33. The Morgan fingerprint density at radius 1 is 1.47 bits per heavy atom. The molecule has 7 heteroatoms. The highest BCUT2D eigenvalue weighted by Gasteiger charge is 2.39. The van der Waals surface area contributed by atoms with Crippen molar-refractivity contribution in [1.29, 1.82) is 0 Å². The molecule has 0 aromatic carbocycles. The fraction of sp³-hybridized carbons (Fsp3) is 0.900. The van der Waals surface area contributed by atoms with Crippen LogP contribution in [-0.2, 0) is 0 Å². The minimum atomic E-state index is -4.42. The molecule has 0 aromatic rings. The van der Waals surface area contributed by atoms with Gasteiger partial charge in [0.15, 0.2) is 0 Å². The van der Waals surface area contributed by atoms with Crippen LogP contribution in [0, 0.1) is 0 Å². The first-order valence-electron chi connectivity index (χ1n) is 5.45. The predicted molar refractivity (Wildman–Crippen MR) is 55.5 cm³/mol. The van der Waals surface area contributed by atoms with Gasteiger partial charge in [-0.15, -0.1) is 0 Å². The Morgan fingerprint density at radius 2 is 2.06 bits per heavy atom. The van der Waals surface area contributed by atoms with Crippen LogP contribution in [0.4, 0.5) is 18.0 Å². The zero-order valence-electron chi connectivity index (χ0n) is 9.84. The molecule has 100 valence electrons. The van der Waals surface area contributed by atoms with E-state index in [9.17, 15) is 23.1 Å². The van der Waals surface area contributed by atoms with Gasteiger partial charge in [0.25, 0.3) is 0 Å². The van der Waals surface area contributed by atoms with Gasteiger partial charge < -0.3 is 15.3 Å². The minimum Gasteiger partial charge on any atom is -0.388 e. The SMILES string of the molecule is CC(C)(O)C1CCCN1C(=O)NCC(F)(F)F. The number of alkyl halides is 3. The van der Waals surface area contributed by atoms with Crippen LogP contribution in [0.15, 0.2) is 0 Å². The fourth-order valence-electron chi connectivity index (χ4n) is 2.02. The van der Waals surface area contributed by atoms with Crippen molar-refractivity contribution in [3.05, 3.63) is 0 Å². The second kappa shape index (κ2) is 4.72. The van der Waals surface area contributed by atoms with Gasteiger partial charge in [-0.1, -0.05) is 0 Å². The third-order valence-electron chi connectivity index (χ3n) is 2.77. The third-order valence-corrected chi connectivity index (χ3v) is 2.77. The van der Waals surface area contributed by atoms with E-state index in [-0.39, 0.29) is 0 Å². The highest BCUT2D eigenvalue weighted by atomic mass is 19.4. The molecule has 0 aliphatic carbocycles. The monoisotopic (exact) mass is 254 g/mol. The number of halogens is 3. The highest BCUT2D eigenvalue weighted by molar-refractivity contribution is 5.75. The van der Waals surface area contributed by atoms with E-state index in [1.54, 1.807) is 13.8 Å². The molecule has 1 aliphatic heterocycles. The number of nitrogens with zero attached hydrogens (tertiary/aromatic N) is 1.